The first-order chi connectivity index (χ1) is 13.1. The SMILES string of the molecule is CC(C)c1nc2c(c(=O)[nH]1)CN(Cc1cnccc1NC(=O)C(C)(C)C)CC2. The summed E-state index contributed by atoms with van der Waals surface area (Å²) in [5.41, 5.74) is 2.81. The van der Waals surface area contributed by atoms with Gasteiger partial charge in [-0.1, -0.05) is 34.6 Å². The van der Waals surface area contributed by atoms with E-state index in [1.165, 1.54) is 0 Å². The van der Waals surface area contributed by atoms with E-state index in [0.717, 1.165) is 41.3 Å². The van der Waals surface area contributed by atoms with Gasteiger partial charge in [0.1, 0.15) is 5.82 Å². The van der Waals surface area contributed by atoms with Crippen LogP contribution in [0.3, 0.4) is 0 Å². The summed E-state index contributed by atoms with van der Waals surface area (Å²) in [6.45, 7) is 11.7. The van der Waals surface area contributed by atoms with Crippen molar-refractivity contribution in [1.82, 2.24) is 19.9 Å². The van der Waals surface area contributed by atoms with E-state index in [9.17, 15) is 9.59 Å². The van der Waals surface area contributed by atoms with Crippen molar-refractivity contribution in [2.24, 2.45) is 5.41 Å². The van der Waals surface area contributed by atoms with Gasteiger partial charge in [0.2, 0.25) is 5.91 Å². The summed E-state index contributed by atoms with van der Waals surface area (Å²) < 4.78 is 0. The fourth-order valence-electron chi connectivity index (χ4n) is 3.13. The van der Waals surface area contributed by atoms with Crippen molar-refractivity contribution in [2.45, 2.75) is 60.0 Å². The molecule has 1 amide bonds. The van der Waals surface area contributed by atoms with Crippen LogP contribution < -0.4 is 10.9 Å². The van der Waals surface area contributed by atoms with Gasteiger partial charge in [0, 0.05) is 61.0 Å². The third-order valence-corrected chi connectivity index (χ3v) is 4.94. The maximum atomic E-state index is 12.5. The smallest absolute Gasteiger partial charge is 0.255 e. The zero-order chi connectivity index (χ0) is 20.5. The molecule has 0 atom stereocenters. The Labute approximate surface area is 165 Å². The van der Waals surface area contributed by atoms with Crippen molar-refractivity contribution in [3.8, 4) is 0 Å². The Morgan fingerprint density at radius 1 is 1.36 bits per heavy atom. The maximum absolute atomic E-state index is 12.5. The molecule has 28 heavy (non-hydrogen) atoms. The van der Waals surface area contributed by atoms with Crippen LogP contribution in [0, 0.1) is 5.41 Å². The summed E-state index contributed by atoms with van der Waals surface area (Å²) in [5, 5.41) is 3.00. The van der Waals surface area contributed by atoms with Crippen LogP contribution in [-0.2, 0) is 24.3 Å². The molecule has 2 aromatic rings. The van der Waals surface area contributed by atoms with Crippen LogP contribution in [0.15, 0.2) is 23.3 Å². The Hall–Kier alpha value is -2.54. The van der Waals surface area contributed by atoms with Crippen LogP contribution in [0.4, 0.5) is 5.69 Å². The summed E-state index contributed by atoms with van der Waals surface area (Å²) >= 11 is 0. The molecular weight excluding hydrogens is 354 g/mol. The highest BCUT2D eigenvalue weighted by Gasteiger charge is 2.24. The molecule has 3 heterocycles. The lowest BCUT2D eigenvalue weighted by Crippen LogP contribution is -2.36. The second kappa shape index (κ2) is 7.83. The Morgan fingerprint density at radius 3 is 2.79 bits per heavy atom. The minimum absolute atomic E-state index is 0.0363. The minimum Gasteiger partial charge on any atom is -0.325 e. The number of pyridine rings is 1. The molecule has 2 aromatic heterocycles. The Balaban J connectivity index is 1.78. The quantitative estimate of drug-likeness (QED) is 0.847. The number of anilines is 1. The highest BCUT2D eigenvalue weighted by atomic mass is 16.2. The van der Waals surface area contributed by atoms with Gasteiger partial charge in [0.05, 0.1) is 11.3 Å². The molecule has 7 heteroatoms. The molecule has 0 saturated heterocycles. The zero-order valence-electron chi connectivity index (χ0n) is 17.3. The lowest BCUT2D eigenvalue weighted by molar-refractivity contribution is -0.123. The zero-order valence-corrected chi connectivity index (χ0v) is 17.3. The molecule has 1 aliphatic rings. The topological polar surface area (TPSA) is 91.0 Å². The average molecular weight is 383 g/mol. The van der Waals surface area contributed by atoms with Gasteiger partial charge in [-0.3, -0.25) is 19.5 Å². The predicted molar refractivity (Wildman–Crippen MR) is 109 cm³/mol. The summed E-state index contributed by atoms with van der Waals surface area (Å²) in [4.78, 5) is 38.9. The molecule has 0 fully saturated rings. The van der Waals surface area contributed by atoms with Crippen LogP contribution >= 0.6 is 0 Å². The second-order valence-electron chi connectivity index (χ2n) is 8.73. The lowest BCUT2D eigenvalue weighted by Gasteiger charge is -2.28. The van der Waals surface area contributed by atoms with Gasteiger partial charge >= 0.3 is 0 Å². The van der Waals surface area contributed by atoms with Gasteiger partial charge in [0.25, 0.3) is 5.56 Å². The van der Waals surface area contributed by atoms with E-state index in [-0.39, 0.29) is 17.4 Å². The van der Waals surface area contributed by atoms with Crippen LogP contribution in [0.25, 0.3) is 0 Å². The number of carbonyl (C=O) groups excluding carboxylic acids is 1. The van der Waals surface area contributed by atoms with Gasteiger partial charge in [-0.15, -0.1) is 0 Å². The first kappa shape index (κ1) is 20.2. The van der Waals surface area contributed by atoms with Gasteiger partial charge in [-0.2, -0.15) is 0 Å². The average Bonchev–Trinajstić information content (AvgIpc) is 2.62. The number of aromatic amines is 1. The number of nitrogens with one attached hydrogen (secondary N) is 2. The highest BCUT2D eigenvalue weighted by Crippen LogP contribution is 2.23. The van der Waals surface area contributed by atoms with Gasteiger partial charge in [0.15, 0.2) is 0 Å². The number of carbonyl (C=O) groups is 1. The molecule has 0 bridgehead atoms. The van der Waals surface area contributed by atoms with E-state index in [4.69, 9.17) is 0 Å². The number of amides is 1. The number of fused-ring (bicyclic) bond motifs is 1. The monoisotopic (exact) mass is 383 g/mol. The fraction of sp³-hybridized carbons (Fsp3) is 0.524. The van der Waals surface area contributed by atoms with E-state index >= 15 is 0 Å². The van der Waals surface area contributed by atoms with Crippen LogP contribution in [0.2, 0.25) is 0 Å². The lowest BCUT2D eigenvalue weighted by atomic mass is 9.95. The molecular formula is C21H29N5O2. The van der Waals surface area contributed by atoms with Crippen molar-refractivity contribution in [3.63, 3.8) is 0 Å². The molecule has 1 aliphatic heterocycles. The molecule has 0 aromatic carbocycles. The van der Waals surface area contributed by atoms with Crippen molar-refractivity contribution < 1.29 is 4.79 Å². The standard InChI is InChI=1S/C21H29N5O2/c1-13(2)18-23-17-7-9-26(12-15(17)19(27)25-18)11-14-10-22-8-6-16(14)24-20(28)21(3,4)5/h6,8,10,13H,7,9,11-12H2,1-5H3,(H,22,24,28)(H,23,25,27). The molecule has 7 nitrogen and oxygen atoms in total. The number of nitrogens with zero attached hydrogens (tertiary/aromatic N) is 3. The van der Waals surface area contributed by atoms with Gasteiger partial charge in [-0.25, -0.2) is 4.98 Å². The molecule has 0 aliphatic carbocycles. The van der Waals surface area contributed by atoms with Crippen LogP contribution in [0.1, 0.15) is 63.2 Å². The summed E-state index contributed by atoms with van der Waals surface area (Å²) in [6.07, 6.45) is 4.19. The third-order valence-electron chi connectivity index (χ3n) is 4.94. The van der Waals surface area contributed by atoms with Crippen LogP contribution in [-0.4, -0.2) is 32.3 Å². The molecule has 0 radical (unpaired) electrons. The second-order valence-corrected chi connectivity index (χ2v) is 8.73. The van der Waals surface area contributed by atoms with Crippen LogP contribution in [0.5, 0.6) is 0 Å². The van der Waals surface area contributed by atoms with Gasteiger partial charge < -0.3 is 10.3 Å². The Kier molecular flexibility index (Phi) is 5.65. The highest BCUT2D eigenvalue weighted by molar-refractivity contribution is 5.95. The number of aromatic nitrogens is 3. The first-order valence-electron chi connectivity index (χ1n) is 9.74. The third kappa shape index (κ3) is 4.47. The summed E-state index contributed by atoms with van der Waals surface area (Å²) in [6, 6.07) is 1.82. The van der Waals surface area contributed by atoms with E-state index in [1.54, 1.807) is 12.4 Å². The summed E-state index contributed by atoms with van der Waals surface area (Å²) in [5.74, 6) is 0.905. The number of hydrogen-bond donors (Lipinski definition) is 2. The van der Waals surface area contributed by atoms with Crippen molar-refractivity contribution in [3.05, 3.63) is 51.5 Å². The molecule has 0 spiro atoms. The fourth-order valence-corrected chi connectivity index (χ4v) is 3.13. The molecule has 3 rings (SSSR count). The number of H-pyrrole nitrogens is 1. The van der Waals surface area contributed by atoms with Gasteiger partial charge in [-0.05, 0) is 6.07 Å². The van der Waals surface area contributed by atoms with E-state index in [2.05, 4.69) is 25.2 Å². The number of rotatable bonds is 4. The van der Waals surface area contributed by atoms with E-state index in [0.29, 0.717) is 13.1 Å². The largest absolute Gasteiger partial charge is 0.325 e. The van der Waals surface area contributed by atoms with E-state index < -0.39 is 5.41 Å². The number of hydrogen-bond acceptors (Lipinski definition) is 5. The first-order valence-corrected chi connectivity index (χ1v) is 9.74. The summed E-state index contributed by atoms with van der Waals surface area (Å²) in [7, 11) is 0. The molecule has 2 N–H and O–H groups in total. The molecule has 0 saturated carbocycles. The predicted octanol–water partition coefficient (Wildman–Crippen LogP) is 2.83. The molecule has 150 valence electrons. The Morgan fingerprint density at radius 2 is 2.11 bits per heavy atom. The van der Waals surface area contributed by atoms with E-state index in [1.807, 2.05) is 40.7 Å². The van der Waals surface area contributed by atoms with Crippen molar-refractivity contribution in [2.75, 3.05) is 11.9 Å². The van der Waals surface area contributed by atoms with Crippen molar-refractivity contribution in [1.29, 1.82) is 0 Å². The van der Waals surface area contributed by atoms with Crippen molar-refractivity contribution >= 4 is 11.6 Å². The molecule has 0 unspecified atom stereocenters. The normalized spacial score (nSPS) is 14.8. The Bertz CT molecular complexity index is 927. The minimum atomic E-state index is -0.475. The maximum Gasteiger partial charge on any atom is 0.255 e.